The van der Waals surface area contributed by atoms with Crippen LogP contribution in [0.25, 0.3) is 0 Å². The maximum Gasteiger partial charge on any atom is 0.347 e. The first-order valence-corrected chi connectivity index (χ1v) is 10.2. The summed E-state index contributed by atoms with van der Waals surface area (Å²) in [6.45, 7) is 4.17. The summed E-state index contributed by atoms with van der Waals surface area (Å²) in [7, 11) is 0. The van der Waals surface area contributed by atoms with E-state index in [1.54, 1.807) is 24.3 Å². The van der Waals surface area contributed by atoms with Crippen LogP contribution in [0.15, 0.2) is 42.5 Å². The fraction of sp³-hybridized carbons (Fsp3) is 0.333. The second-order valence-corrected chi connectivity index (χ2v) is 7.48. The summed E-state index contributed by atoms with van der Waals surface area (Å²) >= 11 is 11.9. The molecule has 0 radical (unpaired) electrons. The van der Waals surface area contributed by atoms with Crippen LogP contribution in [0.1, 0.15) is 6.92 Å². The number of nitrogens with one attached hydrogen (secondary N) is 1. The van der Waals surface area contributed by atoms with Gasteiger partial charge in [-0.05, 0) is 49.4 Å². The lowest BCUT2D eigenvalue weighted by molar-refractivity contribution is -0.153. The molecule has 2 aromatic carbocycles. The van der Waals surface area contributed by atoms with E-state index < -0.39 is 24.6 Å². The van der Waals surface area contributed by atoms with E-state index in [-0.39, 0.29) is 5.02 Å². The Bertz CT molecular complexity index is 885. The van der Waals surface area contributed by atoms with Crippen LogP contribution in [0, 0.1) is 0 Å². The zero-order chi connectivity index (χ0) is 21.5. The van der Waals surface area contributed by atoms with Crippen LogP contribution >= 0.6 is 23.2 Å². The third kappa shape index (κ3) is 6.26. The van der Waals surface area contributed by atoms with Gasteiger partial charge in [-0.15, -0.1) is 0 Å². The van der Waals surface area contributed by atoms with E-state index in [2.05, 4.69) is 10.2 Å². The highest BCUT2D eigenvalue weighted by molar-refractivity contribution is 6.35. The SMILES string of the molecule is CC(Oc1ccc(Cl)cc1Cl)C(=O)OCC(=O)Nc1ccc(N2CCOCC2)cc1. The molecule has 0 saturated carbocycles. The highest BCUT2D eigenvalue weighted by atomic mass is 35.5. The minimum Gasteiger partial charge on any atom is -0.477 e. The van der Waals surface area contributed by atoms with Crippen molar-refractivity contribution < 1.29 is 23.8 Å². The molecule has 160 valence electrons. The van der Waals surface area contributed by atoms with Crippen LogP contribution in [-0.2, 0) is 19.1 Å². The van der Waals surface area contributed by atoms with Gasteiger partial charge in [0.1, 0.15) is 5.75 Å². The number of anilines is 2. The molecule has 30 heavy (non-hydrogen) atoms. The molecule has 1 saturated heterocycles. The Kier molecular flexibility index (Phi) is 7.79. The van der Waals surface area contributed by atoms with Crippen molar-refractivity contribution in [3.8, 4) is 5.75 Å². The van der Waals surface area contributed by atoms with Crippen LogP contribution in [0.5, 0.6) is 5.75 Å². The molecule has 1 aliphatic rings. The third-order valence-electron chi connectivity index (χ3n) is 4.40. The summed E-state index contributed by atoms with van der Waals surface area (Å²) in [6.07, 6.45) is -0.940. The van der Waals surface area contributed by atoms with Crippen LogP contribution < -0.4 is 15.0 Å². The quantitative estimate of drug-likeness (QED) is 0.644. The van der Waals surface area contributed by atoms with Crippen molar-refractivity contribution >= 4 is 46.5 Å². The lowest BCUT2D eigenvalue weighted by atomic mass is 10.2. The summed E-state index contributed by atoms with van der Waals surface area (Å²) in [5.41, 5.74) is 1.68. The van der Waals surface area contributed by atoms with Crippen LogP contribution in [0.3, 0.4) is 0 Å². The minimum atomic E-state index is -0.940. The molecule has 0 aromatic heterocycles. The van der Waals surface area contributed by atoms with Crippen molar-refractivity contribution in [2.75, 3.05) is 43.1 Å². The van der Waals surface area contributed by atoms with Gasteiger partial charge in [-0.1, -0.05) is 23.2 Å². The fourth-order valence-electron chi connectivity index (χ4n) is 2.84. The number of nitrogens with zero attached hydrogens (tertiary/aromatic N) is 1. The maximum absolute atomic E-state index is 12.1. The Morgan fingerprint density at radius 1 is 1.13 bits per heavy atom. The monoisotopic (exact) mass is 452 g/mol. The van der Waals surface area contributed by atoms with Gasteiger partial charge in [-0.25, -0.2) is 4.79 Å². The Morgan fingerprint density at radius 3 is 2.50 bits per heavy atom. The third-order valence-corrected chi connectivity index (χ3v) is 4.93. The molecule has 1 heterocycles. The minimum absolute atomic E-state index is 0.278. The fourth-order valence-corrected chi connectivity index (χ4v) is 3.29. The number of esters is 1. The number of hydrogen-bond acceptors (Lipinski definition) is 6. The summed E-state index contributed by atoms with van der Waals surface area (Å²) in [5, 5.41) is 3.43. The highest BCUT2D eigenvalue weighted by Gasteiger charge is 2.19. The van der Waals surface area contributed by atoms with Crippen LogP contribution in [-0.4, -0.2) is 50.9 Å². The van der Waals surface area contributed by atoms with Crippen molar-refractivity contribution in [1.82, 2.24) is 0 Å². The summed E-state index contributed by atoms with van der Waals surface area (Å²) in [5.74, 6) is -0.826. The Balaban J connectivity index is 1.44. The number of hydrogen-bond donors (Lipinski definition) is 1. The van der Waals surface area contributed by atoms with E-state index in [1.165, 1.54) is 13.0 Å². The van der Waals surface area contributed by atoms with Crippen molar-refractivity contribution in [3.63, 3.8) is 0 Å². The second kappa shape index (κ2) is 10.5. The molecular weight excluding hydrogens is 431 g/mol. The first kappa shape index (κ1) is 22.2. The van der Waals surface area contributed by atoms with Gasteiger partial charge in [0.05, 0.1) is 18.2 Å². The van der Waals surface area contributed by atoms with Gasteiger partial charge in [0, 0.05) is 29.5 Å². The Morgan fingerprint density at radius 2 is 1.83 bits per heavy atom. The number of halogens is 2. The molecule has 1 atom stereocenters. The largest absolute Gasteiger partial charge is 0.477 e. The topological polar surface area (TPSA) is 77.1 Å². The lowest BCUT2D eigenvalue weighted by Crippen LogP contribution is -2.36. The molecule has 7 nitrogen and oxygen atoms in total. The molecule has 9 heteroatoms. The normalized spacial score (nSPS) is 14.7. The Hall–Kier alpha value is -2.48. The molecule has 1 amide bonds. The van der Waals surface area contributed by atoms with E-state index in [0.29, 0.717) is 29.7 Å². The molecule has 1 N–H and O–H groups in total. The van der Waals surface area contributed by atoms with Gasteiger partial charge in [0.15, 0.2) is 12.7 Å². The smallest absolute Gasteiger partial charge is 0.347 e. The number of ether oxygens (including phenoxy) is 3. The van der Waals surface area contributed by atoms with Crippen LogP contribution in [0.4, 0.5) is 11.4 Å². The van der Waals surface area contributed by atoms with Crippen molar-refractivity contribution in [2.24, 2.45) is 0 Å². The predicted octanol–water partition coefficient (Wildman–Crippen LogP) is 3.78. The van der Waals surface area contributed by atoms with E-state index in [9.17, 15) is 9.59 Å². The number of morpholine rings is 1. The highest BCUT2D eigenvalue weighted by Crippen LogP contribution is 2.28. The maximum atomic E-state index is 12.1. The lowest BCUT2D eigenvalue weighted by Gasteiger charge is -2.28. The molecule has 1 unspecified atom stereocenters. The van der Waals surface area contributed by atoms with E-state index >= 15 is 0 Å². The summed E-state index contributed by atoms with van der Waals surface area (Å²) in [4.78, 5) is 26.4. The molecule has 1 fully saturated rings. The number of benzene rings is 2. The standard InChI is InChI=1S/C21H22Cl2N2O5/c1-14(30-19-7-2-15(22)12-18(19)23)21(27)29-13-20(26)24-16-3-5-17(6-4-16)25-8-10-28-11-9-25/h2-7,12,14H,8-11,13H2,1H3,(H,24,26). The molecule has 2 aromatic rings. The predicted molar refractivity (Wildman–Crippen MR) is 116 cm³/mol. The number of rotatable bonds is 7. The molecule has 1 aliphatic heterocycles. The zero-order valence-electron chi connectivity index (χ0n) is 16.4. The summed E-state index contributed by atoms with van der Waals surface area (Å²) in [6, 6.07) is 12.1. The van der Waals surface area contributed by atoms with Crippen molar-refractivity contribution in [1.29, 1.82) is 0 Å². The van der Waals surface area contributed by atoms with Gasteiger partial charge in [0.25, 0.3) is 5.91 Å². The van der Waals surface area contributed by atoms with Gasteiger partial charge >= 0.3 is 5.97 Å². The van der Waals surface area contributed by atoms with E-state index in [1.807, 2.05) is 12.1 Å². The molecule has 0 spiro atoms. The average molecular weight is 453 g/mol. The average Bonchev–Trinajstić information content (AvgIpc) is 2.75. The van der Waals surface area contributed by atoms with Crippen molar-refractivity contribution in [3.05, 3.63) is 52.5 Å². The molecule has 0 aliphatic carbocycles. The molecular formula is C21H22Cl2N2O5. The van der Waals surface area contributed by atoms with Gasteiger partial charge < -0.3 is 24.4 Å². The van der Waals surface area contributed by atoms with Gasteiger partial charge in [-0.3, -0.25) is 4.79 Å². The zero-order valence-corrected chi connectivity index (χ0v) is 17.9. The summed E-state index contributed by atoms with van der Waals surface area (Å²) < 4.78 is 15.8. The van der Waals surface area contributed by atoms with E-state index in [4.69, 9.17) is 37.4 Å². The number of carbonyl (C=O) groups is 2. The van der Waals surface area contributed by atoms with Gasteiger partial charge in [-0.2, -0.15) is 0 Å². The van der Waals surface area contributed by atoms with Crippen LogP contribution in [0.2, 0.25) is 10.0 Å². The van der Waals surface area contributed by atoms with Crippen molar-refractivity contribution in [2.45, 2.75) is 13.0 Å². The number of carbonyl (C=O) groups excluding carboxylic acids is 2. The molecule has 0 bridgehead atoms. The van der Waals surface area contributed by atoms with Gasteiger partial charge in [0.2, 0.25) is 0 Å². The first-order valence-electron chi connectivity index (χ1n) is 9.43. The Labute approximate surface area is 184 Å². The first-order chi connectivity index (χ1) is 14.4. The van der Waals surface area contributed by atoms with E-state index in [0.717, 1.165) is 18.8 Å². The second-order valence-electron chi connectivity index (χ2n) is 6.64. The molecule has 3 rings (SSSR count). The number of amides is 1.